The van der Waals surface area contributed by atoms with Gasteiger partial charge in [0.25, 0.3) is 0 Å². The number of anilines is 1. The number of nitrogens with two attached hydrogens (primary N) is 1. The Morgan fingerprint density at radius 1 is 1.14 bits per heavy atom. The minimum Gasteiger partial charge on any atom is -0.369 e. The smallest absolute Gasteiger partial charge is 0.196 e. The van der Waals surface area contributed by atoms with Crippen LogP contribution in [0.4, 0.5) is 10.1 Å². The lowest BCUT2D eigenvalue weighted by atomic mass is 9.91. The van der Waals surface area contributed by atoms with Crippen molar-refractivity contribution in [1.29, 1.82) is 0 Å². The number of aliphatic imine (C=N–C) groups is 1. The number of para-hydroxylation sites is 1. The van der Waals surface area contributed by atoms with Gasteiger partial charge in [0.2, 0.25) is 0 Å². The van der Waals surface area contributed by atoms with Crippen LogP contribution in [-0.2, 0) is 6.42 Å². The van der Waals surface area contributed by atoms with Crippen LogP contribution < -0.4 is 10.6 Å². The van der Waals surface area contributed by atoms with E-state index in [1.54, 1.807) is 12.1 Å². The second-order valence-electron chi connectivity index (χ2n) is 5.62. The van der Waals surface area contributed by atoms with Crippen LogP contribution in [0.5, 0.6) is 0 Å². The molecule has 21 heavy (non-hydrogen) atoms. The predicted molar refractivity (Wildman–Crippen MR) is 83.9 cm³/mol. The maximum atomic E-state index is 14.1. The average Bonchev–Trinajstić information content (AvgIpc) is 2.76. The summed E-state index contributed by atoms with van der Waals surface area (Å²) in [5.41, 5.74) is 7.33. The molecule has 3 nitrogen and oxygen atoms in total. The summed E-state index contributed by atoms with van der Waals surface area (Å²) >= 11 is 0. The van der Waals surface area contributed by atoms with E-state index in [2.05, 4.69) is 24.0 Å². The van der Waals surface area contributed by atoms with Crippen molar-refractivity contribution >= 4 is 11.6 Å². The Kier molecular flexibility index (Phi) is 3.37. The lowest BCUT2D eigenvalue weighted by Crippen LogP contribution is -2.51. The monoisotopic (exact) mass is 283 g/mol. The minimum absolute atomic E-state index is 0.281. The maximum Gasteiger partial charge on any atom is 0.196 e. The van der Waals surface area contributed by atoms with Crippen LogP contribution in [0.3, 0.4) is 0 Å². The number of hydrogen-bond donors (Lipinski definition) is 1. The molecule has 1 aliphatic rings. The zero-order valence-corrected chi connectivity index (χ0v) is 12.0. The zero-order valence-electron chi connectivity index (χ0n) is 12.0. The summed E-state index contributed by atoms with van der Waals surface area (Å²) < 4.78 is 14.1. The van der Waals surface area contributed by atoms with Gasteiger partial charge in [-0.25, -0.2) is 4.39 Å². The standard InChI is InChI=1S/C17H18FN3/c1-17(11-13-7-3-2-4-8-13)12-20-16(19)21(17)15-10-6-5-9-14(15)18/h2-10H,11-12H2,1H3,(H2,19,20). The summed E-state index contributed by atoms with van der Waals surface area (Å²) in [6.45, 7) is 2.62. The van der Waals surface area contributed by atoms with Gasteiger partial charge in [0.1, 0.15) is 5.82 Å². The molecule has 0 spiro atoms. The molecule has 0 radical (unpaired) electrons. The van der Waals surface area contributed by atoms with Gasteiger partial charge < -0.3 is 10.6 Å². The van der Waals surface area contributed by atoms with Crippen molar-refractivity contribution in [1.82, 2.24) is 0 Å². The van der Waals surface area contributed by atoms with Crippen molar-refractivity contribution in [2.75, 3.05) is 11.4 Å². The highest BCUT2D eigenvalue weighted by Gasteiger charge is 2.40. The van der Waals surface area contributed by atoms with Crippen molar-refractivity contribution in [3.63, 3.8) is 0 Å². The van der Waals surface area contributed by atoms with Crippen LogP contribution in [0.15, 0.2) is 59.6 Å². The molecule has 1 heterocycles. The average molecular weight is 283 g/mol. The SMILES string of the molecule is CC1(Cc2ccccc2)CN=C(N)N1c1ccccc1F. The van der Waals surface area contributed by atoms with Crippen LogP contribution in [0.1, 0.15) is 12.5 Å². The van der Waals surface area contributed by atoms with E-state index < -0.39 is 0 Å². The molecule has 0 aliphatic carbocycles. The second kappa shape index (κ2) is 5.20. The number of halogens is 1. The van der Waals surface area contributed by atoms with Crippen molar-refractivity contribution < 1.29 is 4.39 Å². The van der Waals surface area contributed by atoms with E-state index in [0.717, 1.165) is 6.42 Å². The fourth-order valence-corrected chi connectivity index (χ4v) is 2.89. The first-order chi connectivity index (χ1) is 10.1. The van der Waals surface area contributed by atoms with Crippen molar-refractivity contribution in [2.24, 2.45) is 10.7 Å². The molecule has 0 aromatic heterocycles. The molecule has 4 heteroatoms. The van der Waals surface area contributed by atoms with Gasteiger partial charge in [-0.05, 0) is 31.0 Å². The quantitative estimate of drug-likeness (QED) is 0.941. The highest BCUT2D eigenvalue weighted by atomic mass is 19.1. The molecule has 108 valence electrons. The summed E-state index contributed by atoms with van der Waals surface area (Å²) in [6.07, 6.45) is 0.756. The van der Waals surface area contributed by atoms with E-state index in [9.17, 15) is 4.39 Å². The number of nitrogens with zero attached hydrogens (tertiary/aromatic N) is 2. The third-order valence-electron chi connectivity index (χ3n) is 3.87. The lowest BCUT2D eigenvalue weighted by molar-refractivity contribution is 0.491. The first-order valence-corrected chi connectivity index (χ1v) is 6.99. The molecule has 0 saturated carbocycles. The first kappa shape index (κ1) is 13.6. The van der Waals surface area contributed by atoms with E-state index in [1.165, 1.54) is 11.6 Å². The minimum atomic E-state index is -0.354. The molecule has 1 aliphatic heterocycles. The number of benzene rings is 2. The molecule has 0 bridgehead atoms. The van der Waals surface area contributed by atoms with E-state index in [1.807, 2.05) is 29.2 Å². The Bertz CT molecular complexity index is 669. The van der Waals surface area contributed by atoms with Gasteiger partial charge in [0, 0.05) is 0 Å². The van der Waals surface area contributed by atoms with Crippen LogP contribution in [-0.4, -0.2) is 18.0 Å². The van der Waals surface area contributed by atoms with Crippen LogP contribution >= 0.6 is 0 Å². The van der Waals surface area contributed by atoms with E-state index in [-0.39, 0.29) is 11.4 Å². The van der Waals surface area contributed by atoms with E-state index in [0.29, 0.717) is 18.2 Å². The molecule has 0 saturated heterocycles. The molecule has 3 rings (SSSR count). The fourth-order valence-electron chi connectivity index (χ4n) is 2.89. The highest BCUT2D eigenvalue weighted by molar-refractivity contribution is 5.98. The molecule has 1 atom stereocenters. The Balaban J connectivity index is 1.97. The number of hydrogen-bond acceptors (Lipinski definition) is 3. The Morgan fingerprint density at radius 3 is 2.52 bits per heavy atom. The van der Waals surface area contributed by atoms with Crippen LogP contribution in [0, 0.1) is 5.82 Å². The van der Waals surface area contributed by atoms with Gasteiger partial charge in [0.05, 0.1) is 17.8 Å². The summed E-state index contributed by atoms with van der Waals surface area (Å²) in [6, 6.07) is 16.8. The molecule has 1 unspecified atom stereocenters. The van der Waals surface area contributed by atoms with Gasteiger partial charge in [-0.1, -0.05) is 42.5 Å². The third-order valence-corrected chi connectivity index (χ3v) is 3.87. The van der Waals surface area contributed by atoms with Gasteiger partial charge >= 0.3 is 0 Å². The Morgan fingerprint density at radius 2 is 1.81 bits per heavy atom. The molecule has 0 amide bonds. The van der Waals surface area contributed by atoms with Crippen molar-refractivity contribution in [2.45, 2.75) is 18.9 Å². The molecular weight excluding hydrogens is 265 g/mol. The Hall–Kier alpha value is -2.36. The summed E-state index contributed by atoms with van der Waals surface area (Å²) in [5, 5.41) is 0. The lowest BCUT2D eigenvalue weighted by Gasteiger charge is -2.36. The summed E-state index contributed by atoms with van der Waals surface area (Å²) in [7, 11) is 0. The summed E-state index contributed by atoms with van der Waals surface area (Å²) in [5.74, 6) is 0.0929. The van der Waals surface area contributed by atoms with E-state index >= 15 is 0 Å². The van der Waals surface area contributed by atoms with Crippen molar-refractivity contribution in [3.05, 3.63) is 66.0 Å². The zero-order chi connectivity index (χ0) is 14.9. The summed E-state index contributed by atoms with van der Waals surface area (Å²) in [4.78, 5) is 6.15. The van der Waals surface area contributed by atoms with Gasteiger partial charge in [-0.15, -0.1) is 0 Å². The van der Waals surface area contributed by atoms with Gasteiger partial charge in [-0.2, -0.15) is 0 Å². The molecule has 0 fully saturated rings. The molecule has 2 aromatic rings. The maximum absolute atomic E-state index is 14.1. The third kappa shape index (κ3) is 2.49. The van der Waals surface area contributed by atoms with Crippen LogP contribution in [0.2, 0.25) is 0 Å². The van der Waals surface area contributed by atoms with Crippen molar-refractivity contribution in [3.8, 4) is 0 Å². The highest BCUT2D eigenvalue weighted by Crippen LogP contribution is 2.32. The molecule has 2 N–H and O–H groups in total. The molecule has 2 aromatic carbocycles. The second-order valence-corrected chi connectivity index (χ2v) is 5.62. The largest absolute Gasteiger partial charge is 0.369 e. The van der Waals surface area contributed by atoms with Gasteiger partial charge in [-0.3, -0.25) is 4.99 Å². The predicted octanol–water partition coefficient (Wildman–Crippen LogP) is 2.96. The normalized spacial score (nSPS) is 21.4. The number of guanidine groups is 1. The fraction of sp³-hybridized carbons (Fsp3) is 0.235. The van der Waals surface area contributed by atoms with Crippen LogP contribution in [0.25, 0.3) is 0 Å². The number of rotatable bonds is 3. The first-order valence-electron chi connectivity index (χ1n) is 6.99. The van der Waals surface area contributed by atoms with Gasteiger partial charge in [0.15, 0.2) is 5.96 Å². The Labute approximate surface area is 123 Å². The topological polar surface area (TPSA) is 41.6 Å². The van der Waals surface area contributed by atoms with E-state index in [4.69, 9.17) is 5.73 Å². The molecular formula is C17H18FN3.